The van der Waals surface area contributed by atoms with Crippen LogP contribution in [0, 0.1) is 22.7 Å². The van der Waals surface area contributed by atoms with Crippen LogP contribution in [0.1, 0.15) is 5.56 Å². The first-order valence-corrected chi connectivity index (χ1v) is 5.26. The van der Waals surface area contributed by atoms with Crippen LogP contribution in [-0.2, 0) is 0 Å². The normalized spacial score (nSPS) is 10.5. The second-order valence-electron chi connectivity index (χ2n) is 3.82. The molecule has 0 fully saturated rings. The van der Waals surface area contributed by atoms with Crippen LogP contribution in [0.5, 0.6) is 0 Å². The largest absolute Gasteiger partial charge is 0.313 e. The van der Waals surface area contributed by atoms with Crippen molar-refractivity contribution in [2.45, 2.75) is 0 Å². The van der Waals surface area contributed by atoms with E-state index in [1.165, 1.54) is 0 Å². The van der Waals surface area contributed by atoms with E-state index in [-0.39, 0.29) is 5.57 Å². The molecule has 0 aliphatic carbocycles. The molecule has 0 atom stereocenters. The van der Waals surface area contributed by atoms with Gasteiger partial charge in [0.05, 0.1) is 14.1 Å². The minimum absolute atomic E-state index is 0.112. The molecule has 0 saturated carbocycles. The van der Waals surface area contributed by atoms with Crippen LogP contribution in [0.25, 0.3) is 5.57 Å². The van der Waals surface area contributed by atoms with Gasteiger partial charge in [-0.25, -0.2) is 0 Å². The number of nitriles is 2. The SMILES string of the molecule is C[NH+](C)/C=C(\C=C(C#N)C#N)c1ccccc1. The molecule has 0 saturated heterocycles. The van der Waals surface area contributed by atoms with Crippen molar-refractivity contribution in [2.24, 2.45) is 0 Å². The van der Waals surface area contributed by atoms with Gasteiger partial charge in [0.1, 0.15) is 23.9 Å². The summed E-state index contributed by atoms with van der Waals surface area (Å²) in [5, 5.41) is 17.6. The van der Waals surface area contributed by atoms with E-state index in [0.717, 1.165) is 16.0 Å². The van der Waals surface area contributed by atoms with Gasteiger partial charge in [-0.15, -0.1) is 0 Å². The third-order valence-electron chi connectivity index (χ3n) is 2.09. The Kier molecular flexibility index (Phi) is 4.69. The average Bonchev–Trinajstić information content (AvgIpc) is 2.35. The molecule has 0 heterocycles. The minimum atomic E-state index is 0.112. The molecule has 0 unspecified atom stereocenters. The van der Waals surface area contributed by atoms with Gasteiger partial charge >= 0.3 is 0 Å². The lowest BCUT2D eigenvalue weighted by atomic mass is 10.0. The number of benzene rings is 1. The molecule has 0 aliphatic heterocycles. The maximum absolute atomic E-state index is 8.78. The number of allylic oxidation sites excluding steroid dienone is 3. The Bertz CT molecular complexity index is 495. The average molecular weight is 224 g/mol. The lowest BCUT2D eigenvalue weighted by Crippen LogP contribution is -3.00. The summed E-state index contributed by atoms with van der Waals surface area (Å²) in [6.07, 6.45) is 3.58. The molecule has 0 aliphatic rings. The van der Waals surface area contributed by atoms with Gasteiger partial charge in [-0.05, 0) is 11.6 Å². The molecule has 1 aromatic carbocycles. The van der Waals surface area contributed by atoms with E-state index in [2.05, 4.69) is 0 Å². The van der Waals surface area contributed by atoms with Crippen LogP contribution >= 0.6 is 0 Å². The summed E-state index contributed by atoms with van der Waals surface area (Å²) in [5.41, 5.74) is 1.99. The number of nitrogens with one attached hydrogen (secondary N) is 1. The highest BCUT2D eigenvalue weighted by atomic mass is 15.0. The standard InChI is InChI=1S/C14H13N3/c1-17(2)11-14(8-12(9-15)10-16)13-6-4-3-5-7-13/h3-8,11H,1-2H3/p+1/b14-11+. The van der Waals surface area contributed by atoms with E-state index in [9.17, 15) is 0 Å². The minimum Gasteiger partial charge on any atom is -0.313 e. The van der Waals surface area contributed by atoms with Crippen LogP contribution in [-0.4, -0.2) is 14.1 Å². The van der Waals surface area contributed by atoms with Crippen LogP contribution < -0.4 is 4.90 Å². The Labute approximate surface area is 102 Å². The number of rotatable bonds is 3. The number of quaternary nitrogens is 1. The van der Waals surface area contributed by atoms with E-state index in [4.69, 9.17) is 10.5 Å². The maximum Gasteiger partial charge on any atom is 0.130 e. The smallest absolute Gasteiger partial charge is 0.130 e. The molecule has 0 radical (unpaired) electrons. The number of nitrogens with zero attached hydrogens (tertiary/aromatic N) is 2. The molecule has 17 heavy (non-hydrogen) atoms. The Balaban J connectivity index is 3.22. The Hall–Kier alpha value is -2.36. The zero-order chi connectivity index (χ0) is 12.7. The van der Waals surface area contributed by atoms with E-state index >= 15 is 0 Å². The van der Waals surface area contributed by atoms with Gasteiger partial charge in [-0.1, -0.05) is 30.3 Å². The quantitative estimate of drug-likeness (QED) is 0.618. The van der Waals surface area contributed by atoms with Crippen molar-refractivity contribution in [1.29, 1.82) is 10.5 Å². The van der Waals surface area contributed by atoms with E-state index in [1.807, 2.05) is 62.8 Å². The molecule has 1 N–H and O–H groups in total. The fraction of sp³-hybridized carbons (Fsp3) is 0.143. The fourth-order valence-corrected chi connectivity index (χ4v) is 1.39. The highest BCUT2D eigenvalue weighted by Gasteiger charge is 2.03. The highest BCUT2D eigenvalue weighted by molar-refractivity contribution is 5.75. The summed E-state index contributed by atoms with van der Waals surface area (Å²) in [6, 6.07) is 13.5. The lowest BCUT2D eigenvalue weighted by molar-refractivity contribution is -0.800. The molecule has 0 bridgehead atoms. The molecule has 1 rings (SSSR count). The van der Waals surface area contributed by atoms with Gasteiger partial charge in [-0.3, -0.25) is 0 Å². The van der Waals surface area contributed by atoms with Gasteiger partial charge in [0.25, 0.3) is 0 Å². The van der Waals surface area contributed by atoms with Gasteiger partial charge in [-0.2, -0.15) is 10.5 Å². The molecule has 0 spiro atoms. The van der Waals surface area contributed by atoms with E-state index < -0.39 is 0 Å². The van der Waals surface area contributed by atoms with Crippen LogP contribution in [0.4, 0.5) is 0 Å². The second kappa shape index (κ2) is 6.27. The molecular formula is C14H14N3+. The zero-order valence-corrected chi connectivity index (χ0v) is 9.94. The van der Waals surface area contributed by atoms with Crippen molar-refractivity contribution in [3.8, 4) is 12.1 Å². The Morgan fingerprint density at radius 2 is 1.71 bits per heavy atom. The van der Waals surface area contributed by atoms with Crippen molar-refractivity contribution >= 4 is 5.57 Å². The van der Waals surface area contributed by atoms with Gasteiger partial charge < -0.3 is 4.90 Å². The van der Waals surface area contributed by atoms with Crippen LogP contribution in [0.3, 0.4) is 0 Å². The Morgan fingerprint density at radius 1 is 1.12 bits per heavy atom. The topological polar surface area (TPSA) is 52.0 Å². The molecular weight excluding hydrogens is 210 g/mol. The summed E-state index contributed by atoms with van der Waals surface area (Å²) >= 11 is 0. The summed E-state index contributed by atoms with van der Waals surface area (Å²) < 4.78 is 0. The molecule has 3 nitrogen and oxygen atoms in total. The third-order valence-corrected chi connectivity index (χ3v) is 2.09. The molecule has 0 amide bonds. The van der Waals surface area contributed by atoms with E-state index in [1.54, 1.807) is 6.08 Å². The first-order chi connectivity index (χ1) is 8.17. The Morgan fingerprint density at radius 3 is 2.18 bits per heavy atom. The predicted octanol–water partition coefficient (Wildman–Crippen LogP) is 1.15. The zero-order valence-electron chi connectivity index (χ0n) is 9.94. The number of hydrogen-bond acceptors (Lipinski definition) is 2. The van der Waals surface area contributed by atoms with E-state index in [0.29, 0.717) is 0 Å². The predicted molar refractivity (Wildman–Crippen MR) is 66.5 cm³/mol. The lowest BCUT2D eigenvalue weighted by Gasteiger charge is -2.04. The summed E-state index contributed by atoms with van der Waals surface area (Å²) in [5.74, 6) is 0. The summed E-state index contributed by atoms with van der Waals surface area (Å²) in [4.78, 5) is 1.12. The summed E-state index contributed by atoms with van der Waals surface area (Å²) in [7, 11) is 3.96. The van der Waals surface area contributed by atoms with Crippen molar-refractivity contribution < 1.29 is 4.90 Å². The van der Waals surface area contributed by atoms with Gasteiger partial charge in [0, 0.05) is 5.57 Å². The first kappa shape index (κ1) is 12.7. The van der Waals surface area contributed by atoms with Crippen molar-refractivity contribution in [2.75, 3.05) is 14.1 Å². The van der Waals surface area contributed by atoms with Crippen molar-refractivity contribution in [3.63, 3.8) is 0 Å². The van der Waals surface area contributed by atoms with Crippen molar-refractivity contribution in [3.05, 3.63) is 53.7 Å². The third kappa shape index (κ3) is 3.95. The van der Waals surface area contributed by atoms with Gasteiger partial charge in [0.2, 0.25) is 0 Å². The first-order valence-electron chi connectivity index (χ1n) is 5.26. The van der Waals surface area contributed by atoms with Gasteiger partial charge in [0.15, 0.2) is 0 Å². The molecule has 84 valence electrons. The molecule has 0 aromatic heterocycles. The summed E-state index contributed by atoms with van der Waals surface area (Å²) in [6.45, 7) is 0. The second-order valence-corrected chi connectivity index (χ2v) is 3.82. The number of hydrogen-bond donors (Lipinski definition) is 1. The molecule has 3 heteroatoms. The maximum atomic E-state index is 8.78. The highest BCUT2D eigenvalue weighted by Crippen LogP contribution is 2.15. The fourth-order valence-electron chi connectivity index (χ4n) is 1.39. The van der Waals surface area contributed by atoms with Crippen molar-refractivity contribution in [1.82, 2.24) is 0 Å². The van der Waals surface area contributed by atoms with Crippen LogP contribution in [0.2, 0.25) is 0 Å². The monoisotopic (exact) mass is 224 g/mol. The molecule has 1 aromatic rings. The van der Waals surface area contributed by atoms with Crippen LogP contribution in [0.15, 0.2) is 48.2 Å².